The van der Waals surface area contributed by atoms with Crippen LogP contribution in [0.2, 0.25) is 0 Å². The van der Waals surface area contributed by atoms with Gasteiger partial charge >= 0.3 is 0 Å². The van der Waals surface area contributed by atoms with E-state index in [0.29, 0.717) is 0 Å². The van der Waals surface area contributed by atoms with Crippen LogP contribution in [-0.4, -0.2) is 21.1 Å². The molecule has 0 radical (unpaired) electrons. The zero-order valence-electron chi connectivity index (χ0n) is 6.10. The number of hydrogen-bond donors (Lipinski definition) is 0. The molecule has 0 aliphatic carbocycles. The van der Waals surface area contributed by atoms with E-state index in [0.717, 1.165) is 31.4 Å². The van der Waals surface area contributed by atoms with Gasteiger partial charge in [0.15, 0.2) is 0 Å². The molecule has 1 aliphatic rings. The number of carbonyl (C=O) groups is 1. The maximum absolute atomic E-state index is 10.5. The third-order valence-corrected chi connectivity index (χ3v) is 2.02. The van der Waals surface area contributed by atoms with E-state index in [-0.39, 0.29) is 6.04 Å². The van der Waals surface area contributed by atoms with E-state index >= 15 is 0 Å². The van der Waals surface area contributed by atoms with Crippen LogP contribution in [0.15, 0.2) is 6.33 Å². The van der Waals surface area contributed by atoms with E-state index < -0.39 is 0 Å². The Morgan fingerprint density at radius 2 is 2.64 bits per heavy atom. The fourth-order valence-corrected chi connectivity index (χ4v) is 1.45. The fraction of sp³-hybridized carbons (Fsp3) is 0.571. The molecule has 11 heavy (non-hydrogen) atoms. The summed E-state index contributed by atoms with van der Waals surface area (Å²) in [6.45, 7) is 0. The topological polar surface area (TPSA) is 47.8 Å². The molecule has 0 bridgehead atoms. The van der Waals surface area contributed by atoms with Crippen molar-refractivity contribution in [2.45, 2.75) is 25.3 Å². The Balaban J connectivity index is 2.39. The molecule has 0 N–H and O–H groups in total. The van der Waals surface area contributed by atoms with Gasteiger partial charge in [0, 0.05) is 6.42 Å². The zero-order valence-corrected chi connectivity index (χ0v) is 6.10. The average Bonchev–Trinajstić information content (AvgIpc) is 2.50. The highest BCUT2D eigenvalue weighted by Crippen LogP contribution is 2.19. The number of aromatic nitrogens is 3. The van der Waals surface area contributed by atoms with Crippen molar-refractivity contribution in [3.05, 3.63) is 12.2 Å². The molecule has 1 aliphatic heterocycles. The Bertz CT molecular complexity index is 268. The van der Waals surface area contributed by atoms with Gasteiger partial charge in [0.25, 0.3) is 0 Å². The molecule has 0 amide bonds. The summed E-state index contributed by atoms with van der Waals surface area (Å²) in [5.41, 5.74) is 0. The van der Waals surface area contributed by atoms with Crippen LogP contribution >= 0.6 is 0 Å². The van der Waals surface area contributed by atoms with Gasteiger partial charge in [-0.3, -0.25) is 0 Å². The Morgan fingerprint density at radius 3 is 3.45 bits per heavy atom. The molecule has 0 saturated carbocycles. The summed E-state index contributed by atoms with van der Waals surface area (Å²) in [4.78, 5) is 14.6. The third-order valence-electron chi connectivity index (χ3n) is 2.02. The summed E-state index contributed by atoms with van der Waals surface area (Å²) in [5.74, 6) is 0.938. The third kappa shape index (κ3) is 0.943. The summed E-state index contributed by atoms with van der Waals surface area (Å²) in [7, 11) is 0. The van der Waals surface area contributed by atoms with E-state index in [4.69, 9.17) is 0 Å². The van der Waals surface area contributed by atoms with Gasteiger partial charge in [0.2, 0.25) is 0 Å². The van der Waals surface area contributed by atoms with E-state index in [1.54, 1.807) is 4.68 Å². The van der Waals surface area contributed by atoms with Crippen LogP contribution in [0.1, 0.15) is 24.7 Å². The monoisotopic (exact) mass is 151 g/mol. The number of hydrogen-bond acceptors (Lipinski definition) is 3. The van der Waals surface area contributed by atoms with Crippen LogP contribution in [-0.2, 0) is 11.2 Å². The Labute approximate surface area is 64.2 Å². The van der Waals surface area contributed by atoms with E-state index in [2.05, 4.69) is 10.1 Å². The molecular formula is C7H9N3O. The van der Waals surface area contributed by atoms with Gasteiger partial charge in [-0.1, -0.05) is 0 Å². The quantitative estimate of drug-likeness (QED) is 0.544. The summed E-state index contributed by atoms with van der Waals surface area (Å²) in [6.07, 6.45) is 5.35. The molecular weight excluding hydrogens is 142 g/mol. The maximum atomic E-state index is 10.5. The highest BCUT2D eigenvalue weighted by Gasteiger charge is 2.19. The molecule has 0 spiro atoms. The van der Waals surface area contributed by atoms with Crippen LogP contribution in [0.25, 0.3) is 0 Å². The van der Waals surface area contributed by atoms with Crippen molar-refractivity contribution in [2.75, 3.05) is 0 Å². The lowest BCUT2D eigenvalue weighted by atomic mass is 10.1. The molecule has 1 unspecified atom stereocenters. The second-order valence-corrected chi connectivity index (χ2v) is 2.72. The van der Waals surface area contributed by atoms with Crippen LogP contribution in [0.4, 0.5) is 0 Å². The number of aldehydes is 1. The lowest BCUT2D eigenvalue weighted by molar-refractivity contribution is -0.111. The lowest BCUT2D eigenvalue weighted by Gasteiger charge is -2.17. The minimum absolute atomic E-state index is 0.0683. The number of fused-ring (bicyclic) bond motifs is 1. The van der Waals surface area contributed by atoms with Gasteiger partial charge in [-0.05, 0) is 12.8 Å². The second kappa shape index (κ2) is 2.45. The van der Waals surface area contributed by atoms with Gasteiger partial charge in [-0.25, -0.2) is 9.67 Å². The molecule has 2 heterocycles. The predicted molar refractivity (Wildman–Crippen MR) is 38.1 cm³/mol. The van der Waals surface area contributed by atoms with Gasteiger partial charge in [0.05, 0.1) is 0 Å². The Hall–Kier alpha value is -1.19. The first-order chi connectivity index (χ1) is 5.42. The van der Waals surface area contributed by atoms with Gasteiger partial charge < -0.3 is 4.79 Å². The van der Waals surface area contributed by atoms with Crippen LogP contribution < -0.4 is 0 Å². The second-order valence-electron chi connectivity index (χ2n) is 2.72. The fourth-order valence-electron chi connectivity index (χ4n) is 1.45. The first kappa shape index (κ1) is 6.52. The maximum Gasteiger partial charge on any atom is 0.144 e. The first-order valence-electron chi connectivity index (χ1n) is 3.75. The van der Waals surface area contributed by atoms with Crippen molar-refractivity contribution in [1.82, 2.24) is 14.8 Å². The van der Waals surface area contributed by atoms with E-state index in [9.17, 15) is 4.79 Å². The van der Waals surface area contributed by atoms with Crippen molar-refractivity contribution < 1.29 is 4.79 Å². The molecule has 58 valence electrons. The van der Waals surface area contributed by atoms with Gasteiger partial charge in [-0.15, -0.1) is 0 Å². The number of nitrogens with zero attached hydrogens (tertiary/aromatic N) is 3. The van der Waals surface area contributed by atoms with Crippen molar-refractivity contribution in [3.8, 4) is 0 Å². The predicted octanol–water partition coefficient (Wildman–Crippen LogP) is 0.354. The van der Waals surface area contributed by atoms with Crippen LogP contribution in [0.3, 0.4) is 0 Å². The van der Waals surface area contributed by atoms with Gasteiger partial charge in [0.1, 0.15) is 24.5 Å². The zero-order chi connectivity index (χ0) is 7.68. The summed E-state index contributed by atoms with van der Waals surface area (Å²) >= 11 is 0. The minimum atomic E-state index is -0.0683. The van der Waals surface area contributed by atoms with Gasteiger partial charge in [-0.2, -0.15) is 5.10 Å². The Kier molecular flexibility index (Phi) is 1.45. The Morgan fingerprint density at radius 1 is 1.73 bits per heavy atom. The van der Waals surface area contributed by atoms with Crippen molar-refractivity contribution in [3.63, 3.8) is 0 Å². The molecule has 4 nitrogen and oxygen atoms in total. The summed E-state index contributed by atoms with van der Waals surface area (Å²) in [6, 6.07) is -0.0683. The van der Waals surface area contributed by atoms with E-state index in [1.807, 2.05) is 0 Å². The lowest BCUT2D eigenvalue weighted by Crippen LogP contribution is -2.20. The summed E-state index contributed by atoms with van der Waals surface area (Å²) < 4.78 is 1.72. The molecule has 2 rings (SSSR count). The average molecular weight is 151 g/mol. The molecule has 0 saturated heterocycles. The molecule has 1 atom stereocenters. The molecule has 1 aromatic rings. The number of carbonyl (C=O) groups excluding carboxylic acids is 1. The highest BCUT2D eigenvalue weighted by atomic mass is 16.1. The van der Waals surface area contributed by atoms with Crippen molar-refractivity contribution in [2.24, 2.45) is 0 Å². The molecule has 4 heteroatoms. The summed E-state index contributed by atoms with van der Waals surface area (Å²) in [5, 5.41) is 3.98. The molecule has 0 aromatic carbocycles. The van der Waals surface area contributed by atoms with Crippen molar-refractivity contribution >= 4 is 6.29 Å². The van der Waals surface area contributed by atoms with Crippen LogP contribution in [0, 0.1) is 0 Å². The highest BCUT2D eigenvalue weighted by molar-refractivity contribution is 5.55. The number of rotatable bonds is 1. The molecule has 1 aromatic heterocycles. The minimum Gasteiger partial charge on any atom is -0.301 e. The number of aryl methyl sites for hydroxylation is 1. The SMILES string of the molecule is O=CC1CCCc2ncnn21. The first-order valence-corrected chi connectivity index (χ1v) is 3.75. The standard InChI is InChI=1S/C7H9N3O/c11-4-6-2-1-3-7-8-5-9-10(6)7/h4-6H,1-3H2. The smallest absolute Gasteiger partial charge is 0.144 e. The van der Waals surface area contributed by atoms with Crippen molar-refractivity contribution in [1.29, 1.82) is 0 Å². The largest absolute Gasteiger partial charge is 0.301 e. The normalized spacial score (nSPS) is 22.7. The van der Waals surface area contributed by atoms with Crippen LogP contribution in [0.5, 0.6) is 0 Å². The van der Waals surface area contributed by atoms with E-state index in [1.165, 1.54) is 6.33 Å². The molecule has 0 fully saturated rings.